The molecule has 0 amide bonds. The third-order valence-corrected chi connectivity index (χ3v) is 8.03. The summed E-state index contributed by atoms with van der Waals surface area (Å²) in [6.45, 7) is 12.1. The molecule has 0 fully saturated rings. The average Bonchev–Trinajstić information content (AvgIpc) is 2.71. The van der Waals surface area contributed by atoms with Crippen LogP contribution in [0, 0.1) is 10.8 Å². The molecule has 0 saturated heterocycles. The molecule has 184 valence electrons. The Bertz CT molecular complexity index is 681. The molecule has 0 radical (unpaired) electrons. The first-order chi connectivity index (χ1) is 15.0. The highest BCUT2D eigenvalue weighted by molar-refractivity contribution is 7.18. The molecule has 0 spiro atoms. The maximum atomic E-state index is 12.9. The van der Waals surface area contributed by atoms with E-state index in [1.54, 1.807) is 6.92 Å². The Hall–Kier alpha value is -0.860. The van der Waals surface area contributed by atoms with Crippen LogP contribution in [0.4, 0.5) is 4.39 Å². The lowest BCUT2D eigenvalue weighted by molar-refractivity contribution is 0.0389. The van der Waals surface area contributed by atoms with Gasteiger partial charge in [0.05, 0.1) is 11.8 Å². The molecule has 6 atom stereocenters. The third kappa shape index (κ3) is 10.8. The normalized spacial score (nSPS) is 23.5. The van der Waals surface area contributed by atoms with Gasteiger partial charge in [-0.15, -0.1) is 14.1 Å². The van der Waals surface area contributed by atoms with Gasteiger partial charge in [-0.25, -0.2) is 4.39 Å². The second-order valence-electron chi connectivity index (χ2n) is 10.4. The minimum Gasteiger partial charge on any atom is -0.390 e. The van der Waals surface area contributed by atoms with Gasteiger partial charge in [-0.1, -0.05) is 47.4 Å². The number of rotatable bonds is 15. The Morgan fingerprint density at radius 2 is 1.91 bits per heavy atom. The van der Waals surface area contributed by atoms with Crippen LogP contribution in [0.2, 0.25) is 0 Å². The highest BCUT2D eigenvalue weighted by Crippen LogP contribution is 2.35. The quantitative estimate of drug-likeness (QED) is 0.150. The van der Waals surface area contributed by atoms with Gasteiger partial charge >= 0.3 is 0 Å². The van der Waals surface area contributed by atoms with E-state index in [4.69, 9.17) is 0 Å². The van der Waals surface area contributed by atoms with Crippen molar-refractivity contribution in [3.8, 4) is 0 Å². The number of alkyl halides is 1. The molecule has 0 aromatic heterocycles. The van der Waals surface area contributed by atoms with Crippen molar-refractivity contribution in [2.45, 2.75) is 129 Å². The van der Waals surface area contributed by atoms with E-state index >= 15 is 0 Å². The van der Waals surface area contributed by atoms with Crippen molar-refractivity contribution < 1.29 is 9.50 Å². The maximum absolute atomic E-state index is 12.9. The highest BCUT2D eigenvalue weighted by atomic mass is 31.0. The first-order valence-electron chi connectivity index (χ1n) is 12.4. The zero-order chi connectivity index (χ0) is 24.3. The van der Waals surface area contributed by atoms with Crippen molar-refractivity contribution in [1.82, 2.24) is 0 Å². The number of nitroso groups, excluding NO2 is 1. The summed E-state index contributed by atoms with van der Waals surface area (Å²) in [5.41, 5.74) is 4.72. The number of aliphatic hydroxyl groups is 1. The number of hydrogen-bond donors (Lipinski definition) is 1. The molecule has 0 aliphatic heterocycles. The monoisotopic (exact) mass is 467 g/mol. The van der Waals surface area contributed by atoms with Crippen LogP contribution >= 0.6 is 9.24 Å². The summed E-state index contributed by atoms with van der Waals surface area (Å²) in [5.74, 6) is 0.648. The molecule has 5 heteroatoms. The van der Waals surface area contributed by atoms with Crippen LogP contribution in [0.5, 0.6) is 0 Å². The fourth-order valence-corrected chi connectivity index (χ4v) is 4.98. The first kappa shape index (κ1) is 29.2. The molecule has 0 bridgehead atoms. The predicted molar refractivity (Wildman–Crippen MR) is 140 cm³/mol. The van der Waals surface area contributed by atoms with Crippen LogP contribution in [-0.4, -0.2) is 28.6 Å². The van der Waals surface area contributed by atoms with Crippen molar-refractivity contribution in [1.29, 1.82) is 0 Å². The number of hydrogen-bond acceptors (Lipinski definition) is 3. The molecule has 0 aromatic rings. The second-order valence-corrected chi connectivity index (χ2v) is 11.1. The van der Waals surface area contributed by atoms with E-state index in [0.29, 0.717) is 24.4 Å². The van der Waals surface area contributed by atoms with Crippen LogP contribution < -0.4 is 0 Å². The number of halogens is 1. The molecule has 0 saturated carbocycles. The molecule has 32 heavy (non-hydrogen) atoms. The standard InChI is InChI=1S/C27H47FNO2P/c1-19(12-8-16-27(6,30)17-9-13-21(3)28)10-7-11-20(2)14-15-24-18-25(29-31)22(4)23(5)26(24)32/h12,18,20-21,25-26,30H,7-11,13-17,32H2,1-6H3/b19-12+. The lowest BCUT2D eigenvalue weighted by Crippen LogP contribution is -2.23. The SMILES string of the molecule is CC1=C(C)C(P)C(CCC(C)CCC/C(C)=C/CCC(C)(O)CCCC(C)F)=CC1N=O. The summed E-state index contributed by atoms with van der Waals surface area (Å²) >= 11 is 0. The van der Waals surface area contributed by atoms with E-state index in [-0.39, 0.29) is 6.04 Å². The van der Waals surface area contributed by atoms with Gasteiger partial charge in [0, 0.05) is 5.66 Å². The van der Waals surface area contributed by atoms with E-state index in [2.05, 4.69) is 47.3 Å². The van der Waals surface area contributed by atoms with Gasteiger partial charge in [0.25, 0.3) is 0 Å². The topological polar surface area (TPSA) is 49.7 Å². The van der Waals surface area contributed by atoms with E-state index < -0.39 is 11.8 Å². The summed E-state index contributed by atoms with van der Waals surface area (Å²) in [6.07, 6.45) is 12.7. The molecule has 1 aliphatic carbocycles. The smallest absolute Gasteiger partial charge is 0.131 e. The van der Waals surface area contributed by atoms with Crippen molar-refractivity contribution in [2.24, 2.45) is 11.1 Å². The summed E-state index contributed by atoms with van der Waals surface area (Å²) in [4.78, 5) is 11.1. The second kappa shape index (κ2) is 14.4. The van der Waals surface area contributed by atoms with E-state index in [1.807, 2.05) is 13.8 Å². The molecular formula is C27H47FNO2P. The van der Waals surface area contributed by atoms with Gasteiger partial charge in [0.2, 0.25) is 0 Å². The molecule has 1 rings (SSSR count). The predicted octanol–water partition coefficient (Wildman–Crippen LogP) is 8.23. The van der Waals surface area contributed by atoms with Crippen LogP contribution in [-0.2, 0) is 0 Å². The van der Waals surface area contributed by atoms with Crippen LogP contribution in [0.3, 0.4) is 0 Å². The molecule has 0 heterocycles. The van der Waals surface area contributed by atoms with Gasteiger partial charge in [-0.05, 0) is 104 Å². The number of nitrogens with zero attached hydrogens (tertiary/aromatic N) is 1. The lowest BCUT2D eigenvalue weighted by Gasteiger charge is -2.27. The fourth-order valence-electron chi connectivity index (χ4n) is 4.44. The third-order valence-electron chi connectivity index (χ3n) is 7.10. The molecular weight excluding hydrogens is 420 g/mol. The van der Waals surface area contributed by atoms with E-state index in [1.165, 1.54) is 29.6 Å². The van der Waals surface area contributed by atoms with Crippen molar-refractivity contribution in [2.75, 3.05) is 0 Å². The van der Waals surface area contributed by atoms with Gasteiger partial charge in [0.15, 0.2) is 0 Å². The Labute approximate surface area is 198 Å². The molecule has 1 aliphatic rings. The van der Waals surface area contributed by atoms with Crippen molar-refractivity contribution in [3.63, 3.8) is 0 Å². The Morgan fingerprint density at radius 1 is 1.22 bits per heavy atom. The van der Waals surface area contributed by atoms with Gasteiger partial charge in [0.1, 0.15) is 6.04 Å². The first-order valence-corrected chi connectivity index (χ1v) is 13.1. The Kier molecular flexibility index (Phi) is 13.1. The maximum Gasteiger partial charge on any atom is 0.131 e. The van der Waals surface area contributed by atoms with Crippen molar-refractivity contribution in [3.05, 3.63) is 39.4 Å². The minimum atomic E-state index is -0.785. The Morgan fingerprint density at radius 3 is 2.53 bits per heavy atom. The summed E-state index contributed by atoms with van der Waals surface area (Å²) in [6, 6.07) is -0.294. The summed E-state index contributed by atoms with van der Waals surface area (Å²) in [5, 5.41) is 13.7. The fraction of sp³-hybridized carbons (Fsp3) is 0.778. The van der Waals surface area contributed by atoms with Gasteiger partial charge < -0.3 is 5.11 Å². The molecule has 6 unspecified atom stereocenters. The van der Waals surface area contributed by atoms with Crippen LogP contribution in [0.15, 0.2) is 39.6 Å². The number of allylic oxidation sites excluding steroid dienone is 4. The van der Waals surface area contributed by atoms with Crippen molar-refractivity contribution >= 4 is 9.24 Å². The average molecular weight is 468 g/mol. The van der Waals surface area contributed by atoms with E-state index in [0.717, 1.165) is 44.1 Å². The molecule has 1 N–H and O–H groups in total. The lowest BCUT2D eigenvalue weighted by atomic mass is 9.86. The van der Waals surface area contributed by atoms with Crippen LogP contribution in [0.1, 0.15) is 106 Å². The largest absolute Gasteiger partial charge is 0.390 e. The summed E-state index contributed by atoms with van der Waals surface area (Å²) < 4.78 is 12.9. The zero-order valence-electron chi connectivity index (χ0n) is 21.3. The van der Waals surface area contributed by atoms with E-state index in [9.17, 15) is 14.4 Å². The zero-order valence-corrected chi connectivity index (χ0v) is 22.4. The minimum absolute atomic E-state index is 0.294. The van der Waals surface area contributed by atoms with Gasteiger partial charge in [-0.2, -0.15) is 0 Å². The molecule has 3 nitrogen and oxygen atoms in total. The molecule has 0 aromatic carbocycles. The highest BCUT2D eigenvalue weighted by Gasteiger charge is 2.24. The summed E-state index contributed by atoms with van der Waals surface area (Å²) in [7, 11) is 2.93. The Balaban J connectivity index is 2.31. The van der Waals surface area contributed by atoms with Gasteiger partial charge in [-0.3, -0.25) is 0 Å². The van der Waals surface area contributed by atoms with Crippen LogP contribution in [0.25, 0.3) is 0 Å².